The fourth-order valence-corrected chi connectivity index (χ4v) is 6.12. The van der Waals surface area contributed by atoms with Gasteiger partial charge in [0.05, 0.1) is 17.9 Å². The lowest BCUT2D eigenvalue weighted by Crippen LogP contribution is -2.53. The van der Waals surface area contributed by atoms with E-state index in [2.05, 4.69) is 0 Å². The van der Waals surface area contributed by atoms with Crippen LogP contribution in [-0.2, 0) is 19.1 Å². The number of benzene rings is 1. The zero-order valence-corrected chi connectivity index (χ0v) is 19.0. The summed E-state index contributed by atoms with van der Waals surface area (Å²) in [5.41, 5.74) is 0.583. The maximum Gasteiger partial charge on any atom is 0.303 e. The Labute approximate surface area is 193 Å². The van der Waals surface area contributed by atoms with Gasteiger partial charge in [0.25, 0.3) is 0 Å². The van der Waals surface area contributed by atoms with Crippen LogP contribution in [0.5, 0.6) is 5.75 Å². The summed E-state index contributed by atoms with van der Waals surface area (Å²) in [6.45, 7) is 2.29. The molecule has 0 unspecified atom stereocenters. The molecule has 6 atom stereocenters. The number of ether oxygens (including phenoxy) is 1. The predicted octanol–water partition coefficient (Wildman–Crippen LogP) is 3.22. The molecule has 2 amide bonds. The van der Waals surface area contributed by atoms with Gasteiger partial charge in [-0.2, -0.15) is 0 Å². The number of aliphatic carboxylic acids is 1. The number of amides is 2. The van der Waals surface area contributed by atoms with E-state index in [0.717, 1.165) is 6.42 Å². The number of carboxylic acids is 1. The predicted molar refractivity (Wildman–Crippen MR) is 118 cm³/mol. The first-order chi connectivity index (χ1) is 15.8. The lowest BCUT2D eigenvalue weighted by atomic mass is 9.63. The van der Waals surface area contributed by atoms with E-state index in [4.69, 9.17) is 9.84 Å². The third-order valence-corrected chi connectivity index (χ3v) is 7.65. The van der Waals surface area contributed by atoms with E-state index < -0.39 is 35.6 Å². The molecule has 0 radical (unpaired) electrons. The SMILES string of the molecule is CCC[C@H]1C[C@@H]2C(=O)N(CCCCCC(=O)O)C(=O)[C@@H]2[C@@H]2C[C@@H](c3ccccc3O)O[C@]12O. The van der Waals surface area contributed by atoms with Crippen LogP contribution < -0.4 is 0 Å². The lowest BCUT2D eigenvalue weighted by molar-refractivity contribution is -0.270. The topological polar surface area (TPSA) is 124 Å². The van der Waals surface area contributed by atoms with Gasteiger partial charge in [0.1, 0.15) is 5.75 Å². The quantitative estimate of drug-likeness (QED) is 0.382. The van der Waals surface area contributed by atoms with Crippen molar-refractivity contribution in [2.24, 2.45) is 23.7 Å². The molecule has 1 saturated carbocycles. The van der Waals surface area contributed by atoms with Gasteiger partial charge in [-0.25, -0.2) is 0 Å². The van der Waals surface area contributed by atoms with Crippen molar-refractivity contribution in [1.29, 1.82) is 0 Å². The summed E-state index contributed by atoms with van der Waals surface area (Å²) in [5.74, 6) is -4.61. The van der Waals surface area contributed by atoms with E-state index in [9.17, 15) is 24.6 Å². The first kappa shape index (κ1) is 23.7. The van der Waals surface area contributed by atoms with Crippen molar-refractivity contribution in [1.82, 2.24) is 4.90 Å². The fraction of sp³-hybridized carbons (Fsp3) is 0.640. The number of aromatic hydroxyl groups is 1. The number of unbranched alkanes of at least 4 members (excludes halogenated alkanes) is 2. The summed E-state index contributed by atoms with van der Waals surface area (Å²) < 4.78 is 6.21. The second-order valence-electron chi connectivity index (χ2n) is 9.65. The standard InChI is InChI=1S/C25H33NO7/c1-2-8-15-13-17-22(24(31)26(23(17)30)12-7-3-4-11-21(28)29)18-14-20(33-25(15,18)32)16-9-5-6-10-19(16)27/h5-6,9-10,15,17-18,20,22,27,32H,2-4,7-8,11-14H2,1H3,(H,28,29)/t15-,17-,18-,20-,22-,25+/m0/s1. The Morgan fingerprint density at radius 1 is 1.15 bits per heavy atom. The van der Waals surface area contributed by atoms with Gasteiger partial charge < -0.3 is 20.1 Å². The number of carboxylic acid groups (broad SMARTS) is 1. The molecule has 8 nitrogen and oxygen atoms in total. The second-order valence-corrected chi connectivity index (χ2v) is 9.65. The largest absolute Gasteiger partial charge is 0.508 e. The number of hydrogen-bond acceptors (Lipinski definition) is 6. The monoisotopic (exact) mass is 459 g/mol. The molecule has 180 valence electrons. The molecule has 3 N–H and O–H groups in total. The third kappa shape index (κ3) is 4.26. The number of carbonyl (C=O) groups excluding carboxylic acids is 2. The van der Waals surface area contributed by atoms with E-state index in [1.807, 2.05) is 6.92 Å². The van der Waals surface area contributed by atoms with E-state index >= 15 is 0 Å². The summed E-state index contributed by atoms with van der Waals surface area (Å²) in [7, 11) is 0. The lowest BCUT2D eigenvalue weighted by Gasteiger charge is -2.44. The average Bonchev–Trinajstić information content (AvgIpc) is 3.24. The maximum absolute atomic E-state index is 13.4. The smallest absolute Gasteiger partial charge is 0.303 e. The van der Waals surface area contributed by atoms with Crippen LogP contribution in [0.25, 0.3) is 0 Å². The number of carbonyl (C=O) groups is 3. The molecule has 1 aromatic rings. The number of phenolic OH excluding ortho intramolecular Hbond substituents is 1. The summed E-state index contributed by atoms with van der Waals surface area (Å²) in [4.78, 5) is 38.6. The highest BCUT2D eigenvalue weighted by Crippen LogP contribution is 2.59. The highest BCUT2D eigenvalue weighted by atomic mass is 16.6. The molecule has 0 spiro atoms. The Morgan fingerprint density at radius 2 is 1.91 bits per heavy atom. The molecule has 1 aliphatic carbocycles. The van der Waals surface area contributed by atoms with Crippen molar-refractivity contribution in [3.05, 3.63) is 29.8 Å². The summed E-state index contributed by atoms with van der Waals surface area (Å²) in [5, 5.41) is 30.8. The van der Waals surface area contributed by atoms with Crippen LogP contribution in [0.15, 0.2) is 24.3 Å². The Balaban J connectivity index is 1.55. The van der Waals surface area contributed by atoms with E-state index in [1.165, 1.54) is 4.90 Å². The van der Waals surface area contributed by atoms with Crippen LogP contribution in [0.4, 0.5) is 0 Å². The maximum atomic E-state index is 13.4. The molecular formula is C25H33NO7. The van der Waals surface area contributed by atoms with Crippen LogP contribution in [0.2, 0.25) is 0 Å². The molecule has 0 bridgehead atoms. The second kappa shape index (κ2) is 9.43. The number of imide groups is 1. The number of nitrogens with zero attached hydrogens (tertiary/aromatic N) is 1. The first-order valence-electron chi connectivity index (χ1n) is 12.0. The van der Waals surface area contributed by atoms with E-state index in [-0.39, 0.29) is 36.4 Å². The van der Waals surface area contributed by atoms with Crippen molar-refractivity contribution in [2.75, 3.05) is 6.54 Å². The zero-order valence-electron chi connectivity index (χ0n) is 19.0. The molecule has 8 heteroatoms. The van der Waals surface area contributed by atoms with Crippen LogP contribution in [-0.4, -0.2) is 50.3 Å². The normalized spacial score (nSPS) is 33.3. The molecule has 3 aliphatic rings. The molecule has 3 fully saturated rings. The van der Waals surface area contributed by atoms with Gasteiger partial charge >= 0.3 is 5.97 Å². The highest BCUT2D eigenvalue weighted by Gasteiger charge is 2.66. The molecule has 0 aromatic heterocycles. The molecule has 2 saturated heterocycles. The number of hydrogen-bond donors (Lipinski definition) is 3. The number of para-hydroxylation sites is 1. The molecule has 33 heavy (non-hydrogen) atoms. The van der Waals surface area contributed by atoms with Crippen molar-refractivity contribution in [2.45, 2.75) is 70.2 Å². The summed E-state index contributed by atoms with van der Waals surface area (Å²) in [6, 6.07) is 6.86. The molecule has 2 heterocycles. The number of likely N-dealkylation sites (tertiary alicyclic amines) is 1. The fourth-order valence-electron chi connectivity index (χ4n) is 6.12. The Hall–Kier alpha value is -2.45. The molecule has 1 aromatic carbocycles. The van der Waals surface area contributed by atoms with Gasteiger partial charge in [-0.1, -0.05) is 38.0 Å². The van der Waals surface area contributed by atoms with Crippen LogP contribution in [0.3, 0.4) is 0 Å². The van der Waals surface area contributed by atoms with Gasteiger partial charge in [-0.15, -0.1) is 0 Å². The Morgan fingerprint density at radius 3 is 2.61 bits per heavy atom. The molecule has 2 aliphatic heterocycles. The van der Waals surface area contributed by atoms with Gasteiger partial charge in [-0.05, 0) is 38.2 Å². The van der Waals surface area contributed by atoms with Crippen LogP contribution >= 0.6 is 0 Å². The Bertz CT molecular complexity index is 918. The first-order valence-corrected chi connectivity index (χ1v) is 12.0. The van der Waals surface area contributed by atoms with Crippen molar-refractivity contribution >= 4 is 17.8 Å². The van der Waals surface area contributed by atoms with Gasteiger partial charge in [-0.3, -0.25) is 19.3 Å². The van der Waals surface area contributed by atoms with Gasteiger partial charge in [0, 0.05) is 30.4 Å². The summed E-state index contributed by atoms with van der Waals surface area (Å²) >= 11 is 0. The minimum Gasteiger partial charge on any atom is -0.508 e. The zero-order chi connectivity index (χ0) is 23.8. The highest BCUT2D eigenvalue weighted by molar-refractivity contribution is 6.05. The van der Waals surface area contributed by atoms with Crippen molar-refractivity contribution in [3.63, 3.8) is 0 Å². The minimum atomic E-state index is -1.52. The summed E-state index contributed by atoms with van der Waals surface area (Å²) in [6.07, 6.45) is 3.49. The van der Waals surface area contributed by atoms with Gasteiger partial charge in [0.15, 0.2) is 5.79 Å². The van der Waals surface area contributed by atoms with Crippen LogP contribution in [0.1, 0.15) is 70.0 Å². The van der Waals surface area contributed by atoms with Crippen molar-refractivity contribution < 1.29 is 34.4 Å². The third-order valence-electron chi connectivity index (χ3n) is 7.65. The number of fused-ring (bicyclic) bond motifs is 3. The number of phenols is 1. The van der Waals surface area contributed by atoms with Gasteiger partial charge in [0.2, 0.25) is 11.8 Å². The number of rotatable bonds is 9. The number of aliphatic hydroxyl groups is 1. The van der Waals surface area contributed by atoms with Crippen LogP contribution in [0, 0.1) is 23.7 Å². The van der Waals surface area contributed by atoms with E-state index in [1.54, 1.807) is 24.3 Å². The van der Waals surface area contributed by atoms with Crippen molar-refractivity contribution in [3.8, 4) is 5.75 Å². The van der Waals surface area contributed by atoms with E-state index in [0.29, 0.717) is 44.1 Å². The molecular weight excluding hydrogens is 426 g/mol. The Kier molecular flexibility index (Phi) is 6.77. The average molecular weight is 460 g/mol. The molecule has 4 rings (SSSR count). The minimum absolute atomic E-state index is 0.0754.